The van der Waals surface area contributed by atoms with Crippen LogP contribution in [0.1, 0.15) is 0 Å². The summed E-state index contributed by atoms with van der Waals surface area (Å²) < 4.78 is 7.94. The van der Waals surface area contributed by atoms with Crippen molar-refractivity contribution in [2.24, 2.45) is 0 Å². The third kappa shape index (κ3) is 34.2. The molecule has 1 atom stereocenters. The van der Waals surface area contributed by atoms with E-state index in [2.05, 4.69) is 15.7 Å². The maximum atomic E-state index is 7.94. The molecule has 0 N–H and O–H groups in total. The van der Waals surface area contributed by atoms with Crippen LogP contribution < -0.4 is 0 Å². The molecule has 0 aromatic heterocycles. The summed E-state index contributed by atoms with van der Waals surface area (Å²) >= 11 is 2.31. The van der Waals surface area contributed by atoms with Crippen LogP contribution in [0.3, 0.4) is 0 Å². The first-order chi connectivity index (χ1) is 1.00. The minimum absolute atomic E-state index is 0. The molecular weight excluding hydrogens is 385 g/mol. The van der Waals surface area contributed by atoms with Gasteiger partial charge in [0.05, 0.1) is 0 Å². The minimum Gasteiger partial charge on any atom is 0 e. The first-order valence-corrected chi connectivity index (χ1v) is 0.561. The van der Waals surface area contributed by atoms with Crippen LogP contribution in [-0.2, 0) is 55.2 Å². The summed E-state index contributed by atoms with van der Waals surface area (Å²) in [6, 6.07) is 0. The zero-order valence-electron chi connectivity index (χ0n) is 4.25. The summed E-state index contributed by atoms with van der Waals surface area (Å²) in [6.07, 6.45) is 0. The molecule has 1 unspecified atom stereocenters. The standard InChI is InChI=1S/Co.Cs.Fe.K.O.H3P.V/h;;;;;1H3;. The van der Waals surface area contributed by atoms with Gasteiger partial charge in [-0.05, 0) is 0 Å². The van der Waals surface area contributed by atoms with Crippen LogP contribution in [0.2, 0.25) is 0 Å². The van der Waals surface area contributed by atoms with Crippen LogP contribution in [0, 0.1) is 0 Å². The van der Waals surface area contributed by atoms with E-state index >= 15 is 0 Å². The van der Waals surface area contributed by atoms with E-state index in [9.17, 15) is 0 Å². The number of rotatable bonds is 0. The predicted molar refractivity (Wildman–Crippen MR) is 23.3 cm³/mol. The zero-order chi connectivity index (χ0) is 2.00. The van der Waals surface area contributed by atoms with Gasteiger partial charge in [0.1, 0.15) is 0 Å². The van der Waals surface area contributed by atoms with Gasteiger partial charge in [0.2, 0.25) is 0 Å². The van der Waals surface area contributed by atoms with Crippen molar-refractivity contribution in [3.63, 3.8) is 0 Å². The Bertz CT molecular complexity index is 19.7. The van der Waals surface area contributed by atoms with Crippen LogP contribution in [0.5, 0.6) is 0 Å². The van der Waals surface area contributed by atoms with E-state index < -0.39 is 0 Å². The molecule has 0 rings (SSSR count). The first-order valence-electron chi connectivity index (χ1n) is 0.136. The van der Waals surface area contributed by atoms with Crippen molar-refractivity contribution in [3.8, 4) is 0 Å². The van der Waals surface area contributed by atoms with Crippen molar-refractivity contribution in [2.75, 3.05) is 0 Å². The molecule has 0 amide bonds. The molecule has 38 valence electrons. The fourth-order valence-corrected chi connectivity index (χ4v) is 0. The van der Waals surface area contributed by atoms with Gasteiger partial charge in [0.25, 0.3) is 0 Å². The summed E-state index contributed by atoms with van der Waals surface area (Å²) in [5.74, 6) is 0. The van der Waals surface area contributed by atoms with E-state index in [1.807, 2.05) is 0 Å². The first kappa shape index (κ1) is 39.1. The monoisotopic (exact) mass is 388 g/mol. The van der Waals surface area contributed by atoms with Crippen LogP contribution in [0.15, 0.2) is 0 Å². The van der Waals surface area contributed by atoms with E-state index in [4.69, 9.17) is 3.87 Å². The van der Waals surface area contributed by atoms with Crippen LogP contribution in [-0.4, -0.2) is 120 Å². The molecular formula is H3CoCsFeKOPV. The Morgan fingerprint density at radius 1 is 1.14 bits per heavy atom. The number of hydrogen-bond acceptors (Lipinski definition) is 1. The second-order valence-electron chi connectivity index (χ2n) is 0. The van der Waals surface area contributed by atoms with Gasteiger partial charge in [-0.15, -0.1) is 0 Å². The van der Waals surface area contributed by atoms with Gasteiger partial charge in [0.15, 0.2) is 0 Å². The topological polar surface area (TPSA) is 17.1 Å². The van der Waals surface area contributed by atoms with E-state index in [1.165, 1.54) is 0 Å². The smallest absolute Gasteiger partial charge is 0 e. The third-order valence-electron chi connectivity index (χ3n) is 0. The van der Waals surface area contributed by atoms with E-state index in [0.29, 0.717) is 0 Å². The Morgan fingerprint density at radius 3 is 1.14 bits per heavy atom. The largest absolute Gasteiger partial charge is 0 e. The molecule has 0 heterocycles. The molecule has 0 aliphatic carbocycles. The average molecular weight is 388 g/mol. The molecule has 3 radical (unpaired) electrons. The molecule has 7 heteroatoms. The molecule has 0 aromatic rings. The Kier molecular flexibility index (Phi) is 233. The second kappa shape index (κ2) is 41.8. The van der Waals surface area contributed by atoms with Gasteiger partial charge < -0.3 is 0 Å². The molecule has 0 saturated heterocycles. The van der Waals surface area contributed by atoms with Crippen molar-refractivity contribution in [2.45, 2.75) is 0 Å². The van der Waals surface area contributed by atoms with E-state index in [-0.39, 0.29) is 166 Å². The minimum atomic E-state index is 0. The van der Waals surface area contributed by atoms with Gasteiger partial charge >= 0.3 is 19.5 Å². The molecule has 7 heavy (non-hydrogen) atoms. The van der Waals surface area contributed by atoms with E-state index in [1.54, 1.807) is 0 Å². The van der Waals surface area contributed by atoms with Crippen molar-refractivity contribution < 1.29 is 55.2 Å². The van der Waals surface area contributed by atoms with Gasteiger partial charge in [-0.25, -0.2) is 0 Å². The van der Waals surface area contributed by atoms with Crippen molar-refractivity contribution >= 4 is 130 Å². The summed E-state index contributed by atoms with van der Waals surface area (Å²) in [4.78, 5) is 0. The summed E-state index contributed by atoms with van der Waals surface area (Å²) in [5, 5.41) is 0. The molecule has 0 bridgehead atoms. The fourth-order valence-electron chi connectivity index (χ4n) is 0. The summed E-state index contributed by atoms with van der Waals surface area (Å²) in [5.41, 5.74) is 0. The van der Waals surface area contributed by atoms with Gasteiger partial charge in [0, 0.05) is 156 Å². The Labute approximate surface area is 179 Å². The van der Waals surface area contributed by atoms with Crippen molar-refractivity contribution in [1.82, 2.24) is 0 Å². The normalized spacial score (nSPS) is 0.714. The molecule has 1 nitrogen and oxygen atoms in total. The van der Waals surface area contributed by atoms with Crippen LogP contribution in [0.25, 0.3) is 0 Å². The molecule has 0 aliphatic rings. The van der Waals surface area contributed by atoms with Crippen molar-refractivity contribution in [3.05, 3.63) is 0 Å². The second-order valence-corrected chi connectivity index (χ2v) is 0. The summed E-state index contributed by atoms with van der Waals surface area (Å²) in [6.45, 7) is 0. The Balaban J connectivity index is -0.000000000500. The fraction of sp³-hybridized carbons (Fsp3) is 0. The molecule has 0 aliphatic heterocycles. The molecule has 0 spiro atoms. The zero-order valence-corrected chi connectivity index (χ0v) is 18.6. The van der Waals surface area contributed by atoms with Crippen LogP contribution in [0.4, 0.5) is 0 Å². The molecule has 0 fully saturated rings. The molecule has 0 saturated carbocycles. The van der Waals surface area contributed by atoms with Crippen LogP contribution >= 0.6 is 9.90 Å². The maximum Gasteiger partial charge on any atom is 0 e. The van der Waals surface area contributed by atoms with Gasteiger partial charge in [-0.2, -0.15) is 9.90 Å². The quantitative estimate of drug-likeness (QED) is 0.392. The molecule has 0 aromatic carbocycles. The Morgan fingerprint density at radius 2 is 1.14 bits per heavy atom. The maximum absolute atomic E-state index is 7.94. The average Bonchev–Trinajstić information content (AvgIpc) is 1.00. The Hall–Kier alpha value is 5.53. The SMILES string of the molecule is P.[Cs].[Fe].[K].[O]=[Co].[V]. The van der Waals surface area contributed by atoms with Crippen molar-refractivity contribution in [1.29, 1.82) is 0 Å². The predicted octanol–water partition coefficient (Wildman–Crippen LogP) is -0.830. The van der Waals surface area contributed by atoms with Gasteiger partial charge in [-0.3, -0.25) is 0 Å². The third-order valence-corrected chi connectivity index (χ3v) is 0. The number of hydrogen-bond donors (Lipinski definition) is 0. The van der Waals surface area contributed by atoms with Gasteiger partial charge in [-0.1, -0.05) is 0 Å². The van der Waals surface area contributed by atoms with E-state index in [0.717, 1.165) is 0 Å². The summed E-state index contributed by atoms with van der Waals surface area (Å²) in [7, 11) is 0.